The summed E-state index contributed by atoms with van der Waals surface area (Å²) < 4.78 is 40.7. The quantitative estimate of drug-likeness (QED) is 0.723. The Balaban J connectivity index is 2.50. The maximum absolute atomic E-state index is 11.9. The number of aliphatic hydroxyl groups excluding tert-OH is 1. The minimum absolute atomic E-state index is 0.0818. The van der Waals surface area contributed by atoms with E-state index < -0.39 is 24.7 Å². The molecular weight excluding hydrogens is 241 g/mol. The number of rotatable bonds is 4. The first kappa shape index (κ1) is 13.5. The monoisotopic (exact) mass is 252 g/mol. The van der Waals surface area contributed by atoms with Crippen molar-refractivity contribution in [1.82, 2.24) is 5.32 Å². The second-order valence-corrected chi connectivity index (χ2v) is 3.24. The van der Waals surface area contributed by atoms with Crippen LogP contribution in [0.25, 0.3) is 0 Å². The van der Waals surface area contributed by atoms with Crippen molar-refractivity contribution < 1.29 is 27.5 Å². The molecule has 0 aliphatic carbocycles. The average Bonchev–Trinajstić information content (AvgIpc) is 2.72. The molecule has 5 nitrogen and oxygen atoms in total. The van der Waals surface area contributed by atoms with Crippen LogP contribution in [-0.4, -0.2) is 29.8 Å². The maximum atomic E-state index is 11.9. The van der Waals surface area contributed by atoms with Gasteiger partial charge in [-0.3, -0.25) is 4.79 Å². The van der Waals surface area contributed by atoms with Crippen molar-refractivity contribution in [3.63, 3.8) is 0 Å². The molecule has 1 rings (SSSR count). The lowest BCUT2D eigenvalue weighted by Crippen LogP contribution is -2.40. The minimum atomic E-state index is -4.77. The lowest BCUT2D eigenvalue weighted by atomic mass is 10.3. The third-order valence-corrected chi connectivity index (χ3v) is 1.92. The molecule has 1 aromatic rings. The second-order valence-electron chi connectivity index (χ2n) is 3.24. The number of halogens is 3. The van der Waals surface area contributed by atoms with Crippen molar-refractivity contribution in [2.24, 2.45) is 5.73 Å². The van der Waals surface area contributed by atoms with Crippen molar-refractivity contribution in [2.45, 2.75) is 18.8 Å². The van der Waals surface area contributed by atoms with Gasteiger partial charge in [0.15, 0.2) is 11.9 Å². The first-order valence-electron chi connectivity index (χ1n) is 4.66. The fourth-order valence-electron chi connectivity index (χ4n) is 1.00. The van der Waals surface area contributed by atoms with Crippen molar-refractivity contribution >= 4 is 5.91 Å². The van der Waals surface area contributed by atoms with Crippen LogP contribution in [0.2, 0.25) is 0 Å². The summed E-state index contributed by atoms with van der Waals surface area (Å²) in [6.07, 6.45) is -7.37. The van der Waals surface area contributed by atoms with Gasteiger partial charge in [-0.25, -0.2) is 0 Å². The van der Waals surface area contributed by atoms with E-state index in [0.717, 1.165) is 0 Å². The molecule has 1 amide bonds. The smallest absolute Gasteiger partial charge is 0.416 e. The number of carbonyl (C=O) groups excluding carboxylic acids is 1. The minimum Gasteiger partial charge on any atom is -0.455 e. The van der Waals surface area contributed by atoms with Crippen LogP contribution >= 0.6 is 0 Å². The van der Waals surface area contributed by atoms with Crippen LogP contribution < -0.4 is 11.1 Å². The van der Waals surface area contributed by atoms with Gasteiger partial charge in [0.05, 0.1) is 13.1 Å². The van der Waals surface area contributed by atoms with Gasteiger partial charge in [-0.05, 0) is 12.1 Å². The Labute approximate surface area is 94.4 Å². The third kappa shape index (κ3) is 3.75. The molecule has 0 aliphatic rings. The molecule has 1 unspecified atom stereocenters. The Bertz CT molecular complexity index is 389. The number of hydrogen-bond acceptors (Lipinski definition) is 4. The lowest BCUT2D eigenvalue weighted by Gasteiger charge is -2.14. The number of hydrogen-bond donors (Lipinski definition) is 3. The van der Waals surface area contributed by atoms with Crippen LogP contribution in [-0.2, 0) is 6.54 Å². The van der Waals surface area contributed by atoms with Crippen LogP contribution in [0.3, 0.4) is 0 Å². The van der Waals surface area contributed by atoms with Crippen molar-refractivity contribution in [3.8, 4) is 0 Å². The molecule has 0 bridgehead atoms. The SMILES string of the molecule is NCc1ccc(C(=O)NCC(O)C(F)(F)F)o1. The Morgan fingerprint density at radius 2 is 2.18 bits per heavy atom. The lowest BCUT2D eigenvalue weighted by molar-refractivity contribution is -0.201. The van der Waals surface area contributed by atoms with Crippen molar-refractivity contribution in [1.29, 1.82) is 0 Å². The third-order valence-electron chi connectivity index (χ3n) is 1.92. The number of nitrogens with two attached hydrogens (primary N) is 1. The van der Waals surface area contributed by atoms with Crippen molar-refractivity contribution in [3.05, 3.63) is 23.7 Å². The Morgan fingerprint density at radius 1 is 1.53 bits per heavy atom. The molecular formula is C9H11F3N2O3. The highest BCUT2D eigenvalue weighted by Crippen LogP contribution is 2.19. The highest BCUT2D eigenvalue weighted by Gasteiger charge is 2.38. The van der Waals surface area contributed by atoms with E-state index in [2.05, 4.69) is 0 Å². The van der Waals surface area contributed by atoms with E-state index in [1.165, 1.54) is 12.1 Å². The molecule has 0 aliphatic heterocycles. The van der Waals surface area contributed by atoms with Crippen LogP contribution in [0, 0.1) is 0 Å². The second kappa shape index (κ2) is 5.19. The number of furan rings is 1. The fraction of sp³-hybridized carbons (Fsp3) is 0.444. The number of carbonyl (C=O) groups is 1. The van der Waals surface area contributed by atoms with E-state index in [0.29, 0.717) is 5.76 Å². The molecule has 1 heterocycles. The summed E-state index contributed by atoms with van der Waals surface area (Å²) in [5.74, 6) is -0.653. The summed E-state index contributed by atoms with van der Waals surface area (Å²) >= 11 is 0. The van der Waals surface area contributed by atoms with Gasteiger partial charge in [0, 0.05) is 0 Å². The van der Waals surface area contributed by atoms with Gasteiger partial charge in [0.25, 0.3) is 5.91 Å². The molecule has 1 atom stereocenters. The van der Waals surface area contributed by atoms with Crippen molar-refractivity contribution in [2.75, 3.05) is 6.54 Å². The highest BCUT2D eigenvalue weighted by atomic mass is 19.4. The Morgan fingerprint density at radius 3 is 2.65 bits per heavy atom. The zero-order valence-corrected chi connectivity index (χ0v) is 8.62. The standard InChI is InChI=1S/C9H11F3N2O3/c10-9(11,12)7(15)4-14-8(16)6-2-1-5(3-13)17-6/h1-2,7,15H,3-4,13H2,(H,14,16). The summed E-state index contributed by atoms with van der Waals surface area (Å²) in [7, 11) is 0. The highest BCUT2D eigenvalue weighted by molar-refractivity contribution is 5.91. The van der Waals surface area contributed by atoms with E-state index >= 15 is 0 Å². The number of aliphatic hydroxyl groups is 1. The van der Waals surface area contributed by atoms with E-state index in [9.17, 15) is 18.0 Å². The molecule has 8 heteroatoms. The van der Waals surface area contributed by atoms with Gasteiger partial charge in [-0.1, -0.05) is 0 Å². The molecule has 0 saturated heterocycles. The number of nitrogens with one attached hydrogen (secondary N) is 1. The van der Waals surface area contributed by atoms with Gasteiger partial charge < -0.3 is 20.6 Å². The Kier molecular flexibility index (Phi) is 4.13. The summed E-state index contributed by atoms with van der Waals surface area (Å²) in [6, 6.07) is 2.73. The summed E-state index contributed by atoms with van der Waals surface area (Å²) in [6.45, 7) is -0.848. The summed E-state index contributed by atoms with van der Waals surface area (Å²) in [5.41, 5.74) is 5.23. The molecule has 0 fully saturated rings. The zero-order valence-electron chi connectivity index (χ0n) is 8.62. The first-order chi connectivity index (χ1) is 7.84. The number of alkyl halides is 3. The summed E-state index contributed by atoms with van der Waals surface area (Å²) in [5, 5.41) is 10.5. The number of amides is 1. The molecule has 0 aromatic carbocycles. The van der Waals surface area contributed by atoms with Gasteiger partial charge in [0.1, 0.15) is 5.76 Å². The van der Waals surface area contributed by atoms with Crippen LogP contribution in [0.4, 0.5) is 13.2 Å². The molecule has 96 valence electrons. The Hall–Kier alpha value is -1.54. The molecule has 4 N–H and O–H groups in total. The predicted octanol–water partition coefficient (Wildman–Crippen LogP) is 0.391. The van der Waals surface area contributed by atoms with Gasteiger partial charge in [0.2, 0.25) is 0 Å². The average molecular weight is 252 g/mol. The van der Waals surface area contributed by atoms with E-state index in [1.54, 1.807) is 0 Å². The van der Waals surface area contributed by atoms with E-state index in [4.69, 9.17) is 15.3 Å². The van der Waals surface area contributed by atoms with E-state index in [-0.39, 0.29) is 12.3 Å². The maximum Gasteiger partial charge on any atom is 0.416 e. The first-order valence-corrected chi connectivity index (χ1v) is 4.66. The van der Waals surface area contributed by atoms with Crippen LogP contribution in [0.1, 0.15) is 16.3 Å². The normalized spacial score (nSPS) is 13.5. The van der Waals surface area contributed by atoms with Gasteiger partial charge in [-0.2, -0.15) is 13.2 Å². The zero-order chi connectivity index (χ0) is 13.1. The molecule has 0 radical (unpaired) electrons. The summed E-state index contributed by atoms with van der Waals surface area (Å²) in [4.78, 5) is 11.3. The fourth-order valence-corrected chi connectivity index (χ4v) is 1.00. The molecule has 17 heavy (non-hydrogen) atoms. The van der Waals surface area contributed by atoms with E-state index in [1.807, 2.05) is 5.32 Å². The van der Waals surface area contributed by atoms with Gasteiger partial charge in [-0.15, -0.1) is 0 Å². The van der Waals surface area contributed by atoms with Gasteiger partial charge >= 0.3 is 6.18 Å². The van der Waals surface area contributed by atoms with Crippen LogP contribution in [0.15, 0.2) is 16.5 Å². The molecule has 0 saturated carbocycles. The topological polar surface area (TPSA) is 88.5 Å². The predicted molar refractivity (Wildman–Crippen MR) is 51.0 cm³/mol. The molecule has 0 spiro atoms. The van der Waals surface area contributed by atoms with Crippen LogP contribution in [0.5, 0.6) is 0 Å². The largest absolute Gasteiger partial charge is 0.455 e. The molecule has 1 aromatic heterocycles.